The van der Waals surface area contributed by atoms with E-state index < -0.39 is 10.0 Å². The van der Waals surface area contributed by atoms with E-state index in [0.29, 0.717) is 23.4 Å². The van der Waals surface area contributed by atoms with Gasteiger partial charge in [-0.25, -0.2) is 8.42 Å². The number of amides is 1. The molecule has 1 aliphatic heterocycles. The van der Waals surface area contributed by atoms with Crippen molar-refractivity contribution in [2.75, 3.05) is 24.4 Å². The molecule has 2 aromatic rings. The minimum Gasteiger partial charge on any atom is -0.348 e. The smallest absolute Gasteiger partial charge is 0.262 e. The molecule has 8 heteroatoms. The van der Waals surface area contributed by atoms with Gasteiger partial charge in [-0.3, -0.25) is 9.52 Å². The zero-order chi connectivity index (χ0) is 20.1. The van der Waals surface area contributed by atoms with Gasteiger partial charge in [-0.15, -0.1) is 12.4 Å². The predicted molar refractivity (Wildman–Crippen MR) is 118 cm³/mol. The molecule has 0 aliphatic carbocycles. The van der Waals surface area contributed by atoms with Crippen LogP contribution in [0.25, 0.3) is 0 Å². The SMILES string of the molecule is Cc1ccc(C)c(S(=O)(=O)Nc2cccc(C(=O)NCC3=CCNCC3)c2)c1.Cl. The number of halogens is 1. The van der Waals surface area contributed by atoms with E-state index in [1.165, 1.54) is 5.57 Å². The molecule has 0 radical (unpaired) electrons. The fourth-order valence-corrected chi connectivity index (χ4v) is 4.44. The van der Waals surface area contributed by atoms with Crippen LogP contribution in [0.15, 0.2) is 59.0 Å². The first kappa shape index (κ1) is 22.9. The van der Waals surface area contributed by atoms with Crippen molar-refractivity contribution >= 4 is 34.0 Å². The number of anilines is 1. The molecule has 1 heterocycles. The highest BCUT2D eigenvalue weighted by molar-refractivity contribution is 7.92. The van der Waals surface area contributed by atoms with Gasteiger partial charge < -0.3 is 10.6 Å². The first-order valence-corrected chi connectivity index (χ1v) is 10.7. The van der Waals surface area contributed by atoms with Gasteiger partial charge in [0.1, 0.15) is 0 Å². The van der Waals surface area contributed by atoms with Crippen LogP contribution in [0.5, 0.6) is 0 Å². The van der Waals surface area contributed by atoms with Gasteiger partial charge in [0.2, 0.25) is 0 Å². The maximum absolute atomic E-state index is 12.8. The molecule has 1 amide bonds. The standard InChI is InChI=1S/C21H25N3O3S.ClH/c1-15-6-7-16(2)20(12-15)28(26,27)24-19-5-3-4-18(13-19)21(25)23-14-17-8-10-22-11-9-17;/h3-8,12-13,22,24H,9-11,14H2,1-2H3,(H,23,25);1H. The molecule has 1 aliphatic rings. The van der Waals surface area contributed by atoms with Crippen LogP contribution in [0, 0.1) is 13.8 Å². The van der Waals surface area contributed by atoms with E-state index >= 15 is 0 Å². The van der Waals surface area contributed by atoms with Crippen LogP contribution < -0.4 is 15.4 Å². The van der Waals surface area contributed by atoms with Crippen LogP contribution in [0.3, 0.4) is 0 Å². The maximum atomic E-state index is 12.8. The van der Waals surface area contributed by atoms with E-state index in [-0.39, 0.29) is 23.2 Å². The number of sulfonamides is 1. The van der Waals surface area contributed by atoms with Crippen LogP contribution in [0.2, 0.25) is 0 Å². The molecule has 2 aromatic carbocycles. The molecule has 0 fully saturated rings. The zero-order valence-corrected chi connectivity index (χ0v) is 18.1. The van der Waals surface area contributed by atoms with Crippen molar-refractivity contribution in [2.24, 2.45) is 0 Å². The van der Waals surface area contributed by atoms with Crippen LogP contribution in [-0.4, -0.2) is 34.0 Å². The summed E-state index contributed by atoms with van der Waals surface area (Å²) in [6.07, 6.45) is 2.99. The summed E-state index contributed by atoms with van der Waals surface area (Å²) in [5, 5.41) is 6.12. The average Bonchev–Trinajstić information content (AvgIpc) is 2.68. The fraction of sp³-hybridized carbons (Fsp3) is 0.286. The van der Waals surface area contributed by atoms with Gasteiger partial charge in [-0.2, -0.15) is 0 Å². The van der Waals surface area contributed by atoms with E-state index in [1.54, 1.807) is 43.3 Å². The lowest BCUT2D eigenvalue weighted by atomic mass is 10.1. The summed E-state index contributed by atoms with van der Waals surface area (Å²) in [5.74, 6) is -0.229. The lowest BCUT2D eigenvalue weighted by Crippen LogP contribution is -2.29. The first-order chi connectivity index (χ1) is 13.3. The number of hydrogen-bond acceptors (Lipinski definition) is 4. The number of rotatable bonds is 6. The minimum absolute atomic E-state index is 0. The minimum atomic E-state index is -3.74. The Kier molecular flexibility index (Phi) is 7.84. The van der Waals surface area contributed by atoms with E-state index in [2.05, 4.69) is 21.4 Å². The van der Waals surface area contributed by atoms with Crippen molar-refractivity contribution in [3.05, 3.63) is 70.8 Å². The van der Waals surface area contributed by atoms with Crippen LogP contribution in [0.1, 0.15) is 27.9 Å². The highest BCUT2D eigenvalue weighted by Crippen LogP contribution is 2.21. The summed E-state index contributed by atoms with van der Waals surface area (Å²) >= 11 is 0. The Morgan fingerprint density at radius 3 is 2.66 bits per heavy atom. The van der Waals surface area contributed by atoms with Crippen LogP contribution in [-0.2, 0) is 10.0 Å². The highest BCUT2D eigenvalue weighted by Gasteiger charge is 2.18. The van der Waals surface area contributed by atoms with E-state index in [1.807, 2.05) is 13.0 Å². The van der Waals surface area contributed by atoms with Crippen LogP contribution >= 0.6 is 12.4 Å². The second-order valence-corrected chi connectivity index (χ2v) is 8.61. The number of carbonyl (C=O) groups excluding carboxylic acids is 1. The van der Waals surface area contributed by atoms with Crippen molar-refractivity contribution in [1.82, 2.24) is 10.6 Å². The normalized spacial score (nSPS) is 13.8. The maximum Gasteiger partial charge on any atom is 0.262 e. The summed E-state index contributed by atoms with van der Waals surface area (Å²) in [5.41, 5.74) is 3.50. The molecule has 0 aromatic heterocycles. The van der Waals surface area contributed by atoms with Gasteiger partial charge in [0.15, 0.2) is 0 Å². The molecular formula is C21H26ClN3O3S. The predicted octanol–water partition coefficient (Wildman–Crippen LogP) is 3.18. The Hall–Kier alpha value is -2.35. The Balaban J connectivity index is 0.00000300. The summed E-state index contributed by atoms with van der Waals surface area (Å²) < 4.78 is 28.1. The second-order valence-electron chi connectivity index (χ2n) is 6.95. The Morgan fingerprint density at radius 1 is 1.14 bits per heavy atom. The molecule has 0 spiro atoms. The van der Waals surface area contributed by atoms with E-state index in [9.17, 15) is 13.2 Å². The molecule has 0 atom stereocenters. The topological polar surface area (TPSA) is 87.3 Å². The number of carbonyl (C=O) groups is 1. The quantitative estimate of drug-likeness (QED) is 0.608. The van der Waals surface area contributed by atoms with Gasteiger partial charge in [0.25, 0.3) is 15.9 Å². The van der Waals surface area contributed by atoms with Crippen molar-refractivity contribution in [3.63, 3.8) is 0 Å². The molecule has 29 heavy (non-hydrogen) atoms. The van der Waals surface area contributed by atoms with Crippen molar-refractivity contribution in [3.8, 4) is 0 Å². The van der Waals surface area contributed by atoms with Gasteiger partial charge in [-0.1, -0.05) is 29.8 Å². The Labute approximate surface area is 178 Å². The highest BCUT2D eigenvalue weighted by atomic mass is 35.5. The summed E-state index contributed by atoms with van der Waals surface area (Å²) in [7, 11) is -3.74. The fourth-order valence-electron chi connectivity index (χ4n) is 3.06. The van der Waals surface area contributed by atoms with Crippen molar-refractivity contribution in [1.29, 1.82) is 0 Å². The largest absolute Gasteiger partial charge is 0.348 e. The molecule has 3 rings (SSSR count). The molecule has 0 saturated carbocycles. The average molecular weight is 436 g/mol. The zero-order valence-electron chi connectivity index (χ0n) is 16.5. The Bertz CT molecular complexity index is 1020. The third-order valence-electron chi connectivity index (χ3n) is 4.64. The van der Waals surface area contributed by atoms with Crippen LogP contribution in [0.4, 0.5) is 5.69 Å². The molecule has 0 unspecified atom stereocenters. The molecule has 3 N–H and O–H groups in total. The Morgan fingerprint density at radius 2 is 1.93 bits per heavy atom. The first-order valence-electron chi connectivity index (χ1n) is 9.22. The van der Waals surface area contributed by atoms with Gasteiger partial charge >= 0.3 is 0 Å². The summed E-state index contributed by atoms with van der Waals surface area (Å²) in [6.45, 7) is 5.84. The summed E-state index contributed by atoms with van der Waals surface area (Å²) in [6, 6.07) is 11.8. The van der Waals surface area contributed by atoms with Gasteiger partial charge in [0.05, 0.1) is 4.90 Å². The lowest BCUT2D eigenvalue weighted by Gasteiger charge is -2.15. The molecule has 156 valence electrons. The second kappa shape index (κ2) is 9.91. The van der Waals surface area contributed by atoms with E-state index in [0.717, 1.165) is 25.1 Å². The number of hydrogen-bond donors (Lipinski definition) is 3. The van der Waals surface area contributed by atoms with Gasteiger partial charge in [-0.05, 0) is 62.2 Å². The number of aryl methyl sites for hydroxylation is 2. The van der Waals surface area contributed by atoms with Gasteiger partial charge in [0, 0.05) is 24.3 Å². The summed E-state index contributed by atoms with van der Waals surface area (Å²) in [4.78, 5) is 12.7. The number of nitrogens with one attached hydrogen (secondary N) is 3. The molecular weight excluding hydrogens is 410 g/mol. The molecule has 0 saturated heterocycles. The molecule has 0 bridgehead atoms. The van der Waals surface area contributed by atoms with Crippen molar-refractivity contribution in [2.45, 2.75) is 25.2 Å². The van der Waals surface area contributed by atoms with E-state index in [4.69, 9.17) is 0 Å². The monoisotopic (exact) mass is 435 g/mol. The number of benzene rings is 2. The third-order valence-corrected chi connectivity index (χ3v) is 6.17. The molecule has 6 nitrogen and oxygen atoms in total. The third kappa shape index (κ3) is 6.06. The van der Waals surface area contributed by atoms with Crippen molar-refractivity contribution < 1.29 is 13.2 Å². The lowest BCUT2D eigenvalue weighted by molar-refractivity contribution is 0.0956.